The molecule has 0 radical (unpaired) electrons. The van der Waals surface area contributed by atoms with Crippen LogP contribution in [0, 0.1) is 0 Å². The van der Waals surface area contributed by atoms with Crippen molar-refractivity contribution in [1.82, 2.24) is 19.9 Å². The van der Waals surface area contributed by atoms with Gasteiger partial charge in [-0.15, -0.1) is 11.3 Å². The molecule has 0 aromatic carbocycles. The largest absolute Gasteiger partial charge is 0.365 e. The highest BCUT2D eigenvalue weighted by atomic mass is 32.1. The summed E-state index contributed by atoms with van der Waals surface area (Å²) in [5, 5.41) is 4.53. The van der Waals surface area contributed by atoms with E-state index in [1.165, 1.54) is 10.4 Å². The molecule has 25 heavy (non-hydrogen) atoms. The van der Waals surface area contributed by atoms with Crippen molar-refractivity contribution in [3.63, 3.8) is 0 Å². The van der Waals surface area contributed by atoms with E-state index in [1.807, 2.05) is 30.2 Å². The van der Waals surface area contributed by atoms with Crippen molar-refractivity contribution in [2.45, 2.75) is 32.9 Å². The molecule has 128 valence electrons. The summed E-state index contributed by atoms with van der Waals surface area (Å²) in [4.78, 5) is 29.2. The van der Waals surface area contributed by atoms with Crippen LogP contribution in [0.2, 0.25) is 0 Å². The molecule has 6 nitrogen and oxygen atoms in total. The van der Waals surface area contributed by atoms with E-state index in [0.717, 1.165) is 34.6 Å². The number of carbonyl (C=O) groups is 1. The molecule has 3 aromatic rings. The van der Waals surface area contributed by atoms with Crippen molar-refractivity contribution >= 4 is 33.3 Å². The molecule has 1 N–H and O–H groups in total. The van der Waals surface area contributed by atoms with E-state index in [2.05, 4.69) is 20.3 Å². The molecule has 0 saturated carbocycles. The SMILES string of the molecule is CCC(=O)N1CCc2c(sc3ncnc(NCc4cccnc4)c23)C1. The lowest BCUT2D eigenvalue weighted by molar-refractivity contribution is -0.131. The molecule has 0 saturated heterocycles. The topological polar surface area (TPSA) is 71.0 Å². The fourth-order valence-corrected chi connectivity index (χ4v) is 4.39. The van der Waals surface area contributed by atoms with Crippen LogP contribution in [0.15, 0.2) is 30.9 Å². The Morgan fingerprint density at radius 3 is 3.12 bits per heavy atom. The molecule has 0 bridgehead atoms. The minimum atomic E-state index is 0.212. The van der Waals surface area contributed by atoms with Gasteiger partial charge in [0.15, 0.2) is 0 Å². The smallest absolute Gasteiger partial charge is 0.222 e. The normalized spacial score (nSPS) is 13.7. The van der Waals surface area contributed by atoms with E-state index in [1.54, 1.807) is 23.9 Å². The van der Waals surface area contributed by atoms with Crippen LogP contribution in [0.1, 0.15) is 29.3 Å². The zero-order valence-electron chi connectivity index (χ0n) is 14.0. The van der Waals surface area contributed by atoms with Gasteiger partial charge >= 0.3 is 0 Å². The van der Waals surface area contributed by atoms with Gasteiger partial charge in [-0.1, -0.05) is 13.0 Å². The molecule has 0 unspecified atom stereocenters. The van der Waals surface area contributed by atoms with Crippen molar-refractivity contribution in [3.05, 3.63) is 46.9 Å². The second-order valence-electron chi connectivity index (χ2n) is 6.04. The van der Waals surface area contributed by atoms with Gasteiger partial charge in [-0.3, -0.25) is 9.78 Å². The first-order chi connectivity index (χ1) is 12.3. The van der Waals surface area contributed by atoms with Gasteiger partial charge in [0.1, 0.15) is 17.0 Å². The molecular formula is C18H19N5OS. The Bertz CT molecular complexity index is 908. The van der Waals surface area contributed by atoms with Crippen LogP contribution in [0.4, 0.5) is 5.82 Å². The van der Waals surface area contributed by atoms with E-state index in [4.69, 9.17) is 0 Å². The first-order valence-corrected chi connectivity index (χ1v) is 9.23. The standard InChI is InChI=1S/C18H19N5OS/c1-2-15(24)23-7-5-13-14(10-23)25-18-16(13)17(21-11-22-18)20-9-12-4-3-6-19-8-12/h3-4,6,8,11H,2,5,7,9-10H2,1H3,(H,20,21,22). The first kappa shape index (κ1) is 16.0. The lowest BCUT2D eigenvalue weighted by Crippen LogP contribution is -2.34. The number of pyridine rings is 1. The number of carbonyl (C=O) groups excluding carboxylic acids is 1. The predicted octanol–water partition coefficient (Wildman–Crippen LogP) is 2.99. The van der Waals surface area contributed by atoms with Gasteiger partial charge in [0.05, 0.1) is 11.9 Å². The minimum Gasteiger partial charge on any atom is -0.365 e. The van der Waals surface area contributed by atoms with E-state index in [9.17, 15) is 4.79 Å². The van der Waals surface area contributed by atoms with E-state index < -0.39 is 0 Å². The third kappa shape index (κ3) is 3.07. The summed E-state index contributed by atoms with van der Waals surface area (Å²) < 4.78 is 0. The third-order valence-corrected chi connectivity index (χ3v) is 5.60. The number of thiophene rings is 1. The Hall–Kier alpha value is -2.54. The van der Waals surface area contributed by atoms with Crippen LogP contribution in [-0.2, 0) is 24.3 Å². The van der Waals surface area contributed by atoms with Gasteiger partial charge < -0.3 is 10.2 Å². The Kier molecular flexibility index (Phi) is 4.31. The molecule has 0 fully saturated rings. The van der Waals surface area contributed by atoms with Gasteiger partial charge in [0, 0.05) is 36.8 Å². The molecule has 1 amide bonds. The maximum absolute atomic E-state index is 12.0. The molecule has 0 atom stereocenters. The van der Waals surface area contributed by atoms with E-state index in [-0.39, 0.29) is 5.91 Å². The maximum Gasteiger partial charge on any atom is 0.222 e. The Morgan fingerprint density at radius 2 is 2.32 bits per heavy atom. The molecule has 4 heterocycles. The summed E-state index contributed by atoms with van der Waals surface area (Å²) in [7, 11) is 0. The van der Waals surface area contributed by atoms with Crippen LogP contribution in [-0.4, -0.2) is 32.3 Å². The quantitative estimate of drug-likeness (QED) is 0.781. The highest BCUT2D eigenvalue weighted by molar-refractivity contribution is 7.19. The second-order valence-corrected chi connectivity index (χ2v) is 7.12. The van der Waals surface area contributed by atoms with Crippen LogP contribution in [0.5, 0.6) is 0 Å². The number of nitrogens with zero attached hydrogens (tertiary/aromatic N) is 4. The van der Waals surface area contributed by atoms with Crippen LogP contribution >= 0.6 is 11.3 Å². The number of anilines is 1. The summed E-state index contributed by atoms with van der Waals surface area (Å²) >= 11 is 1.67. The second kappa shape index (κ2) is 6.76. The average Bonchev–Trinajstić information content (AvgIpc) is 3.04. The highest BCUT2D eigenvalue weighted by Crippen LogP contribution is 2.37. The van der Waals surface area contributed by atoms with Gasteiger partial charge in [-0.2, -0.15) is 0 Å². The average molecular weight is 353 g/mol. The minimum absolute atomic E-state index is 0.212. The zero-order chi connectivity index (χ0) is 17.2. The van der Waals surface area contributed by atoms with Gasteiger partial charge in [-0.05, 0) is 23.6 Å². The van der Waals surface area contributed by atoms with Gasteiger partial charge in [-0.25, -0.2) is 9.97 Å². The molecule has 7 heteroatoms. The lowest BCUT2D eigenvalue weighted by Gasteiger charge is -2.26. The van der Waals surface area contributed by atoms with Crippen molar-refractivity contribution in [2.24, 2.45) is 0 Å². The van der Waals surface area contributed by atoms with Crippen molar-refractivity contribution in [3.8, 4) is 0 Å². The fraction of sp³-hybridized carbons (Fsp3) is 0.333. The number of hydrogen-bond donors (Lipinski definition) is 1. The van der Waals surface area contributed by atoms with Crippen LogP contribution < -0.4 is 5.32 Å². The Labute approximate surface area is 149 Å². The zero-order valence-corrected chi connectivity index (χ0v) is 14.8. The number of hydrogen-bond acceptors (Lipinski definition) is 6. The number of rotatable bonds is 4. The summed E-state index contributed by atoms with van der Waals surface area (Å²) in [5.74, 6) is 1.07. The fourth-order valence-electron chi connectivity index (χ4n) is 3.19. The number of fused-ring (bicyclic) bond motifs is 3. The Morgan fingerprint density at radius 1 is 1.40 bits per heavy atom. The molecule has 0 aliphatic carbocycles. The highest BCUT2D eigenvalue weighted by Gasteiger charge is 2.25. The first-order valence-electron chi connectivity index (χ1n) is 8.42. The van der Waals surface area contributed by atoms with Crippen molar-refractivity contribution in [2.75, 3.05) is 11.9 Å². The van der Waals surface area contributed by atoms with Crippen LogP contribution in [0.3, 0.4) is 0 Å². The number of aromatic nitrogens is 3. The molecular weight excluding hydrogens is 334 g/mol. The van der Waals surface area contributed by atoms with E-state index >= 15 is 0 Å². The third-order valence-electron chi connectivity index (χ3n) is 4.47. The Balaban J connectivity index is 1.64. The van der Waals surface area contributed by atoms with Crippen molar-refractivity contribution in [1.29, 1.82) is 0 Å². The number of nitrogens with one attached hydrogen (secondary N) is 1. The predicted molar refractivity (Wildman–Crippen MR) is 98.4 cm³/mol. The van der Waals surface area contributed by atoms with Crippen LogP contribution in [0.25, 0.3) is 10.2 Å². The van der Waals surface area contributed by atoms with Gasteiger partial charge in [0.25, 0.3) is 0 Å². The number of amides is 1. The maximum atomic E-state index is 12.0. The summed E-state index contributed by atoms with van der Waals surface area (Å²) in [6.07, 6.45) is 6.63. The molecule has 3 aromatic heterocycles. The molecule has 1 aliphatic heterocycles. The van der Waals surface area contributed by atoms with Gasteiger partial charge in [0.2, 0.25) is 5.91 Å². The van der Waals surface area contributed by atoms with E-state index in [0.29, 0.717) is 19.5 Å². The van der Waals surface area contributed by atoms with Crippen molar-refractivity contribution < 1.29 is 4.79 Å². The molecule has 1 aliphatic rings. The summed E-state index contributed by atoms with van der Waals surface area (Å²) in [6, 6.07) is 3.97. The lowest BCUT2D eigenvalue weighted by atomic mass is 10.0. The molecule has 4 rings (SSSR count). The molecule has 0 spiro atoms. The summed E-state index contributed by atoms with van der Waals surface area (Å²) in [5.41, 5.74) is 2.40. The summed E-state index contributed by atoms with van der Waals surface area (Å²) in [6.45, 7) is 4.03. The monoisotopic (exact) mass is 353 g/mol.